The fourth-order valence-electron chi connectivity index (χ4n) is 4.68. The molecule has 3 atom stereocenters. The number of fused-ring (bicyclic) bond motifs is 2. The molecule has 1 saturated heterocycles. The van der Waals surface area contributed by atoms with Crippen molar-refractivity contribution in [1.29, 1.82) is 0 Å². The first kappa shape index (κ1) is 21.6. The Hall–Kier alpha value is -3.59. The number of rotatable bonds is 6. The summed E-state index contributed by atoms with van der Waals surface area (Å²) in [6.07, 6.45) is 0.282. The average molecular weight is 438 g/mol. The van der Waals surface area contributed by atoms with Gasteiger partial charge >= 0.3 is 0 Å². The van der Waals surface area contributed by atoms with Crippen LogP contribution in [0.3, 0.4) is 0 Å². The van der Waals surface area contributed by atoms with E-state index in [2.05, 4.69) is 16.0 Å². The van der Waals surface area contributed by atoms with Gasteiger partial charge in [0.25, 0.3) is 0 Å². The van der Waals surface area contributed by atoms with Crippen LogP contribution in [0, 0.1) is 12.8 Å². The van der Waals surface area contributed by atoms with Crippen LogP contribution in [0.25, 0.3) is 0 Å². The molecule has 4 rings (SSSR count). The van der Waals surface area contributed by atoms with Gasteiger partial charge in [-0.2, -0.15) is 0 Å². The Labute approximate surface area is 185 Å². The van der Waals surface area contributed by atoms with Crippen molar-refractivity contribution in [1.82, 2.24) is 5.32 Å². The van der Waals surface area contributed by atoms with Crippen molar-refractivity contribution < 1.29 is 23.9 Å². The van der Waals surface area contributed by atoms with Crippen LogP contribution in [0.1, 0.15) is 24.0 Å². The molecule has 5 N–H and O–H groups in total. The molecule has 2 aromatic carbocycles. The van der Waals surface area contributed by atoms with E-state index < -0.39 is 23.4 Å². The maximum absolute atomic E-state index is 13.6. The largest absolute Gasteiger partial charge is 0.497 e. The minimum atomic E-state index is -1.31. The summed E-state index contributed by atoms with van der Waals surface area (Å²) < 4.78 is 10.6. The molecule has 32 heavy (non-hydrogen) atoms. The summed E-state index contributed by atoms with van der Waals surface area (Å²) >= 11 is 0. The number of hydrogen-bond donors (Lipinski definition) is 4. The first-order chi connectivity index (χ1) is 15.3. The second kappa shape index (κ2) is 8.16. The highest BCUT2D eigenvalue weighted by molar-refractivity contribution is 6.11. The van der Waals surface area contributed by atoms with Gasteiger partial charge in [0.05, 0.1) is 25.8 Å². The molecule has 0 bridgehead atoms. The van der Waals surface area contributed by atoms with E-state index in [1.165, 1.54) is 14.2 Å². The SMILES string of the molecule is COc1ccc(OC)c(NC(=O)C2CC(CC(N)=O)NC23C(=O)Nc2ccc(C)cc23)c1. The molecule has 2 aliphatic heterocycles. The lowest BCUT2D eigenvalue weighted by Gasteiger charge is -2.29. The highest BCUT2D eigenvalue weighted by atomic mass is 16.5. The molecule has 3 unspecified atom stereocenters. The molecule has 9 nitrogen and oxygen atoms in total. The molecule has 1 fully saturated rings. The van der Waals surface area contributed by atoms with Crippen LogP contribution in [0.5, 0.6) is 11.5 Å². The summed E-state index contributed by atoms with van der Waals surface area (Å²) in [7, 11) is 3.03. The zero-order valence-electron chi connectivity index (χ0n) is 18.2. The summed E-state index contributed by atoms with van der Waals surface area (Å²) in [6, 6.07) is 10.2. The van der Waals surface area contributed by atoms with Gasteiger partial charge in [0.1, 0.15) is 17.0 Å². The molecule has 2 aromatic rings. The Bertz CT molecular complexity index is 1100. The minimum absolute atomic E-state index is 0.0163. The van der Waals surface area contributed by atoms with Crippen molar-refractivity contribution in [2.75, 3.05) is 24.9 Å². The predicted molar refractivity (Wildman–Crippen MR) is 119 cm³/mol. The molecular formula is C23H26N4O5. The number of ether oxygens (including phenoxy) is 2. The van der Waals surface area contributed by atoms with Crippen molar-refractivity contribution in [2.24, 2.45) is 11.7 Å². The highest BCUT2D eigenvalue weighted by Crippen LogP contribution is 2.48. The average Bonchev–Trinajstić information content (AvgIpc) is 3.26. The maximum Gasteiger partial charge on any atom is 0.250 e. The van der Waals surface area contributed by atoms with Crippen molar-refractivity contribution in [3.63, 3.8) is 0 Å². The molecule has 0 aliphatic carbocycles. The summed E-state index contributed by atoms with van der Waals surface area (Å²) in [4.78, 5) is 38.5. The van der Waals surface area contributed by atoms with Crippen molar-refractivity contribution >= 4 is 29.1 Å². The van der Waals surface area contributed by atoms with E-state index >= 15 is 0 Å². The van der Waals surface area contributed by atoms with Gasteiger partial charge in [-0.05, 0) is 31.5 Å². The third-order valence-corrected chi connectivity index (χ3v) is 6.11. The number of nitrogens with two attached hydrogens (primary N) is 1. The molecule has 9 heteroatoms. The van der Waals surface area contributed by atoms with Crippen LogP contribution in [0.15, 0.2) is 36.4 Å². The van der Waals surface area contributed by atoms with Gasteiger partial charge in [0.2, 0.25) is 17.7 Å². The number of carbonyl (C=O) groups is 3. The zero-order valence-corrected chi connectivity index (χ0v) is 18.2. The number of nitrogens with one attached hydrogen (secondary N) is 3. The molecule has 3 amide bonds. The number of anilines is 2. The van der Waals surface area contributed by atoms with Crippen LogP contribution in [-0.2, 0) is 19.9 Å². The monoisotopic (exact) mass is 438 g/mol. The third-order valence-electron chi connectivity index (χ3n) is 6.11. The molecule has 0 aromatic heterocycles. The van der Waals surface area contributed by atoms with Crippen LogP contribution >= 0.6 is 0 Å². The van der Waals surface area contributed by atoms with Crippen LogP contribution < -0.4 is 31.2 Å². The summed E-state index contributed by atoms with van der Waals surface area (Å²) in [5, 5.41) is 9.04. The molecule has 2 aliphatic rings. The number of primary amides is 1. The number of amides is 3. The smallest absolute Gasteiger partial charge is 0.250 e. The predicted octanol–water partition coefficient (Wildman–Crippen LogP) is 1.65. The zero-order chi connectivity index (χ0) is 23.0. The van der Waals surface area contributed by atoms with Gasteiger partial charge < -0.3 is 25.8 Å². The number of hydrogen-bond acceptors (Lipinski definition) is 6. The summed E-state index contributed by atoms with van der Waals surface area (Å²) in [6.45, 7) is 1.92. The second-order valence-corrected chi connectivity index (χ2v) is 8.17. The topological polar surface area (TPSA) is 132 Å². The van der Waals surface area contributed by atoms with E-state index in [9.17, 15) is 14.4 Å². The van der Waals surface area contributed by atoms with E-state index in [1.54, 1.807) is 18.2 Å². The molecule has 1 spiro atoms. The van der Waals surface area contributed by atoms with Gasteiger partial charge in [-0.25, -0.2) is 0 Å². The van der Waals surface area contributed by atoms with E-state index in [0.29, 0.717) is 28.4 Å². The van der Waals surface area contributed by atoms with E-state index in [4.69, 9.17) is 15.2 Å². The summed E-state index contributed by atoms with van der Waals surface area (Å²) in [5.74, 6) is -0.989. The third kappa shape index (κ3) is 3.54. The Kier molecular flexibility index (Phi) is 5.52. The van der Waals surface area contributed by atoms with Crippen molar-refractivity contribution in [3.05, 3.63) is 47.5 Å². The molecule has 2 heterocycles. The minimum Gasteiger partial charge on any atom is -0.497 e. The van der Waals surface area contributed by atoms with Crippen LogP contribution in [-0.4, -0.2) is 38.0 Å². The van der Waals surface area contributed by atoms with E-state index in [-0.39, 0.29) is 24.7 Å². The Balaban J connectivity index is 1.75. The molecular weight excluding hydrogens is 412 g/mol. The lowest BCUT2D eigenvalue weighted by Crippen LogP contribution is -2.52. The molecule has 168 valence electrons. The Morgan fingerprint density at radius 3 is 2.66 bits per heavy atom. The van der Waals surface area contributed by atoms with Crippen LogP contribution in [0.4, 0.5) is 11.4 Å². The van der Waals surface area contributed by atoms with E-state index in [0.717, 1.165) is 5.56 Å². The highest BCUT2D eigenvalue weighted by Gasteiger charge is 2.60. The Morgan fingerprint density at radius 1 is 1.19 bits per heavy atom. The van der Waals surface area contributed by atoms with Crippen LogP contribution in [0.2, 0.25) is 0 Å². The number of aryl methyl sites for hydroxylation is 1. The normalized spacial score (nSPS) is 23.5. The van der Waals surface area contributed by atoms with Crippen molar-refractivity contribution in [3.8, 4) is 11.5 Å². The lowest BCUT2D eigenvalue weighted by molar-refractivity contribution is -0.130. The fourth-order valence-corrected chi connectivity index (χ4v) is 4.68. The second-order valence-electron chi connectivity index (χ2n) is 8.17. The van der Waals surface area contributed by atoms with Gasteiger partial charge in [0.15, 0.2) is 0 Å². The number of benzene rings is 2. The number of carbonyl (C=O) groups excluding carboxylic acids is 3. The quantitative estimate of drug-likeness (QED) is 0.542. The molecule has 0 radical (unpaired) electrons. The van der Waals surface area contributed by atoms with Gasteiger partial charge in [-0.3, -0.25) is 19.7 Å². The van der Waals surface area contributed by atoms with E-state index in [1.807, 2.05) is 25.1 Å². The first-order valence-corrected chi connectivity index (χ1v) is 10.3. The van der Waals surface area contributed by atoms with Gasteiger partial charge in [-0.15, -0.1) is 0 Å². The maximum atomic E-state index is 13.6. The molecule has 0 saturated carbocycles. The van der Waals surface area contributed by atoms with Gasteiger partial charge in [0, 0.05) is 29.8 Å². The standard InChI is InChI=1S/C23H26N4O5/c1-12-4-6-17-15(8-12)23(22(30)26-17)16(9-13(27-23)10-20(24)28)21(29)25-18-11-14(31-2)5-7-19(18)32-3/h4-8,11,13,16,27H,9-10H2,1-3H3,(H2,24,28)(H,25,29)(H,26,30). The lowest BCUT2D eigenvalue weighted by atomic mass is 9.79. The van der Waals surface area contributed by atoms with Crippen molar-refractivity contribution in [2.45, 2.75) is 31.3 Å². The summed E-state index contributed by atoms with van der Waals surface area (Å²) in [5.41, 5.74) is 6.82. The Morgan fingerprint density at radius 2 is 1.97 bits per heavy atom. The first-order valence-electron chi connectivity index (χ1n) is 10.3. The fraction of sp³-hybridized carbons (Fsp3) is 0.348. The number of methoxy groups -OCH3 is 2. The van der Waals surface area contributed by atoms with Gasteiger partial charge in [-0.1, -0.05) is 17.7 Å².